The van der Waals surface area contributed by atoms with Gasteiger partial charge in [-0.05, 0) is 60.1 Å². The molecule has 0 unspecified atom stereocenters. The first-order valence-corrected chi connectivity index (χ1v) is 10.6. The zero-order chi connectivity index (χ0) is 18.5. The Balaban J connectivity index is 1.61. The Bertz CT molecular complexity index is 820. The maximum absolute atomic E-state index is 9.54. The van der Waals surface area contributed by atoms with Gasteiger partial charge in [0.1, 0.15) is 0 Å². The van der Waals surface area contributed by atoms with Crippen molar-refractivity contribution in [3.05, 3.63) is 40.0 Å². The number of hydrogen-bond donors (Lipinski definition) is 2. The summed E-state index contributed by atoms with van der Waals surface area (Å²) in [5, 5.41) is 10.8. The second-order valence-corrected chi connectivity index (χ2v) is 10.6. The summed E-state index contributed by atoms with van der Waals surface area (Å²) < 4.78 is 0. The zero-order valence-corrected chi connectivity index (χ0v) is 17.0. The summed E-state index contributed by atoms with van der Waals surface area (Å²) in [6.07, 6.45) is 6.06. The molecule has 0 spiro atoms. The van der Waals surface area contributed by atoms with Gasteiger partial charge in [-0.25, -0.2) is 4.98 Å². The number of nitrogens with two attached hydrogens (primary N) is 1. The Morgan fingerprint density at radius 1 is 1.31 bits per heavy atom. The minimum absolute atomic E-state index is 0.0925. The van der Waals surface area contributed by atoms with Crippen LogP contribution in [0.4, 0.5) is 0 Å². The van der Waals surface area contributed by atoms with Gasteiger partial charge in [-0.1, -0.05) is 39.0 Å². The fourth-order valence-corrected chi connectivity index (χ4v) is 5.91. The molecule has 1 heterocycles. The summed E-state index contributed by atoms with van der Waals surface area (Å²) in [7, 11) is 0. The number of aliphatic hydroxyl groups excluding tert-OH is 1. The van der Waals surface area contributed by atoms with Crippen LogP contribution in [0, 0.1) is 5.41 Å². The number of aryl methyl sites for hydroxylation is 2. The van der Waals surface area contributed by atoms with Crippen LogP contribution in [-0.4, -0.2) is 22.2 Å². The molecule has 1 saturated carbocycles. The largest absolute Gasteiger partial charge is 0.394 e. The number of hydrogen-bond acceptors (Lipinski definition) is 4. The first-order chi connectivity index (χ1) is 12.3. The van der Waals surface area contributed by atoms with Crippen molar-refractivity contribution < 1.29 is 5.11 Å². The molecule has 0 bridgehead atoms. The molecule has 0 saturated heterocycles. The minimum atomic E-state index is -0.382. The van der Waals surface area contributed by atoms with Gasteiger partial charge in [0.15, 0.2) is 0 Å². The van der Waals surface area contributed by atoms with Gasteiger partial charge in [-0.15, -0.1) is 11.3 Å². The smallest absolute Gasteiger partial charge is 0.0939 e. The van der Waals surface area contributed by atoms with Gasteiger partial charge >= 0.3 is 0 Å². The third-order valence-corrected chi connectivity index (χ3v) is 6.99. The quantitative estimate of drug-likeness (QED) is 0.839. The number of aliphatic hydroxyl groups is 1. The Labute approximate surface area is 160 Å². The van der Waals surface area contributed by atoms with E-state index in [0.29, 0.717) is 5.92 Å². The van der Waals surface area contributed by atoms with Crippen molar-refractivity contribution in [3.8, 4) is 10.4 Å². The van der Waals surface area contributed by atoms with Crippen LogP contribution in [0.15, 0.2) is 18.2 Å². The summed E-state index contributed by atoms with van der Waals surface area (Å²) >= 11 is 1.88. The molecule has 3 N–H and O–H groups in total. The van der Waals surface area contributed by atoms with Crippen molar-refractivity contribution in [3.63, 3.8) is 0 Å². The number of nitrogens with zero attached hydrogens (tertiary/aromatic N) is 1. The summed E-state index contributed by atoms with van der Waals surface area (Å²) in [4.78, 5) is 6.32. The fourth-order valence-electron chi connectivity index (χ4n) is 4.44. The van der Waals surface area contributed by atoms with Crippen molar-refractivity contribution in [2.24, 2.45) is 11.1 Å². The van der Waals surface area contributed by atoms with Crippen LogP contribution < -0.4 is 5.73 Å². The number of aromatic nitrogens is 1. The van der Waals surface area contributed by atoms with E-state index in [4.69, 9.17) is 10.7 Å². The Kier molecular flexibility index (Phi) is 4.49. The molecule has 3 nitrogen and oxygen atoms in total. The van der Waals surface area contributed by atoms with Gasteiger partial charge in [0.05, 0.1) is 22.2 Å². The van der Waals surface area contributed by atoms with Gasteiger partial charge in [0.25, 0.3) is 0 Å². The molecular weight excluding hydrogens is 340 g/mol. The van der Waals surface area contributed by atoms with Crippen LogP contribution in [0.1, 0.15) is 67.8 Å². The van der Waals surface area contributed by atoms with Gasteiger partial charge in [0.2, 0.25) is 0 Å². The van der Waals surface area contributed by atoms with E-state index < -0.39 is 0 Å². The number of fused-ring (bicyclic) bond motifs is 3. The normalized spacial score (nSPS) is 25.2. The van der Waals surface area contributed by atoms with E-state index in [2.05, 4.69) is 39.0 Å². The molecule has 1 fully saturated rings. The van der Waals surface area contributed by atoms with E-state index in [1.54, 1.807) is 0 Å². The molecule has 0 aliphatic heterocycles. The average molecular weight is 371 g/mol. The molecule has 4 heteroatoms. The lowest BCUT2D eigenvalue weighted by atomic mass is 9.87. The highest BCUT2D eigenvalue weighted by Gasteiger charge is 2.36. The lowest BCUT2D eigenvalue weighted by molar-refractivity contribution is 0.198. The molecule has 2 aliphatic rings. The van der Waals surface area contributed by atoms with E-state index in [1.165, 1.54) is 32.3 Å². The van der Waals surface area contributed by atoms with Gasteiger partial charge in [-0.2, -0.15) is 0 Å². The van der Waals surface area contributed by atoms with Crippen LogP contribution >= 0.6 is 11.3 Å². The molecule has 0 amide bonds. The Morgan fingerprint density at radius 2 is 2.12 bits per heavy atom. The highest BCUT2D eigenvalue weighted by atomic mass is 32.1. The molecule has 1 aromatic heterocycles. The molecule has 26 heavy (non-hydrogen) atoms. The van der Waals surface area contributed by atoms with Crippen LogP contribution in [0.2, 0.25) is 0 Å². The average Bonchev–Trinajstić information content (AvgIpc) is 3.16. The van der Waals surface area contributed by atoms with Gasteiger partial charge in [0, 0.05) is 12.0 Å². The Hall–Kier alpha value is -1.23. The number of benzene rings is 1. The SMILES string of the molecule is CC(C)(C)Cc1nc2c(s1)-c1ccc([C@H]3CC[C@](N)(CO)C3)cc1CC2. The number of rotatable bonds is 3. The molecule has 2 atom stereocenters. The topological polar surface area (TPSA) is 59.1 Å². The summed E-state index contributed by atoms with van der Waals surface area (Å²) in [6, 6.07) is 6.98. The van der Waals surface area contributed by atoms with Gasteiger partial charge < -0.3 is 10.8 Å². The van der Waals surface area contributed by atoms with Crippen LogP contribution in [-0.2, 0) is 19.3 Å². The molecule has 4 rings (SSSR count). The lowest BCUT2D eigenvalue weighted by Gasteiger charge is -2.22. The standard InChI is InChI=1S/C22H30N2OS/c1-21(2,3)12-19-24-18-7-5-15-10-14(4-6-17(15)20(18)26-19)16-8-9-22(23,11-16)13-25/h4,6,10,16,25H,5,7-9,11-13,23H2,1-3H3/t16-,22+/m0/s1. The van der Waals surface area contributed by atoms with E-state index in [0.717, 1.165) is 38.5 Å². The molecule has 1 aromatic carbocycles. The minimum Gasteiger partial charge on any atom is -0.394 e. The highest BCUT2D eigenvalue weighted by Crippen LogP contribution is 2.43. The van der Waals surface area contributed by atoms with Crippen molar-refractivity contribution in [2.45, 2.75) is 70.8 Å². The molecule has 140 valence electrons. The second kappa shape index (κ2) is 6.43. The molecular formula is C22H30N2OS. The first-order valence-electron chi connectivity index (χ1n) is 9.78. The monoisotopic (exact) mass is 370 g/mol. The number of thiazole rings is 1. The summed E-state index contributed by atoms with van der Waals surface area (Å²) in [5.41, 5.74) is 11.7. The molecule has 2 aromatic rings. The van der Waals surface area contributed by atoms with Crippen molar-refractivity contribution in [1.82, 2.24) is 4.98 Å². The molecule has 2 aliphatic carbocycles. The maximum Gasteiger partial charge on any atom is 0.0939 e. The van der Waals surface area contributed by atoms with Crippen LogP contribution in [0.5, 0.6) is 0 Å². The van der Waals surface area contributed by atoms with Crippen molar-refractivity contribution in [1.29, 1.82) is 0 Å². The maximum atomic E-state index is 9.54. The highest BCUT2D eigenvalue weighted by molar-refractivity contribution is 7.15. The van der Waals surface area contributed by atoms with E-state index in [9.17, 15) is 5.11 Å². The zero-order valence-electron chi connectivity index (χ0n) is 16.1. The Morgan fingerprint density at radius 3 is 2.81 bits per heavy atom. The van der Waals surface area contributed by atoms with Crippen molar-refractivity contribution >= 4 is 11.3 Å². The van der Waals surface area contributed by atoms with E-state index in [1.807, 2.05) is 11.3 Å². The van der Waals surface area contributed by atoms with E-state index >= 15 is 0 Å². The first kappa shape index (κ1) is 18.1. The fraction of sp³-hybridized carbons (Fsp3) is 0.591. The van der Waals surface area contributed by atoms with Gasteiger partial charge in [-0.3, -0.25) is 0 Å². The van der Waals surface area contributed by atoms with Crippen molar-refractivity contribution in [2.75, 3.05) is 6.61 Å². The molecule has 0 radical (unpaired) electrons. The van der Waals surface area contributed by atoms with Crippen LogP contribution in [0.3, 0.4) is 0 Å². The van der Waals surface area contributed by atoms with E-state index in [-0.39, 0.29) is 17.6 Å². The third-order valence-electron chi connectivity index (χ3n) is 5.86. The third kappa shape index (κ3) is 3.47. The van der Waals surface area contributed by atoms with Crippen LogP contribution in [0.25, 0.3) is 10.4 Å². The summed E-state index contributed by atoms with van der Waals surface area (Å²) in [6.45, 7) is 6.92. The second-order valence-electron chi connectivity index (χ2n) is 9.50. The summed E-state index contributed by atoms with van der Waals surface area (Å²) in [5.74, 6) is 0.483. The predicted molar refractivity (Wildman–Crippen MR) is 109 cm³/mol. The lowest BCUT2D eigenvalue weighted by Crippen LogP contribution is -2.40. The predicted octanol–water partition coefficient (Wildman–Crippen LogP) is 4.45.